The van der Waals surface area contributed by atoms with E-state index in [9.17, 15) is 9.90 Å². The number of allylic oxidation sites excluding steroid dienone is 1. The molecule has 5 heteroatoms. The highest BCUT2D eigenvalue weighted by molar-refractivity contribution is 5.90. The van der Waals surface area contributed by atoms with Crippen molar-refractivity contribution in [2.75, 3.05) is 20.3 Å². The van der Waals surface area contributed by atoms with Gasteiger partial charge >= 0.3 is 5.97 Å². The molecule has 0 bridgehead atoms. The monoisotopic (exact) mass is 364 g/mol. The highest BCUT2D eigenvalue weighted by Crippen LogP contribution is 2.66. The van der Waals surface area contributed by atoms with Gasteiger partial charge in [-0.1, -0.05) is 26.8 Å². The summed E-state index contributed by atoms with van der Waals surface area (Å²) in [5, 5.41) is 10.6. The number of carbonyl (C=O) groups excluding carboxylic acids is 1. The molecule has 2 aliphatic heterocycles. The van der Waals surface area contributed by atoms with Gasteiger partial charge in [-0.3, -0.25) is 0 Å². The van der Waals surface area contributed by atoms with Gasteiger partial charge < -0.3 is 19.3 Å². The number of ether oxygens (including phenoxy) is 3. The number of hydrogen-bond donors (Lipinski definition) is 1. The van der Waals surface area contributed by atoms with E-state index in [4.69, 9.17) is 14.2 Å². The Bertz CT molecular complexity index is 616. The molecular formula is C21H32O5. The number of esters is 1. The molecule has 1 N–H and O–H groups in total. The quantitative estimate of drug-likeness (QED) is 0.472. The summed E-state index contributed by atoms with van der Waals surface area (Å²) in [7, 11) is 1.42. The number of carbonyl (C=O) groups is 1. The zero-order valence-electron chi connectivity index (χ0n) is 16.4. The Kier molecular flexibility index (Phi) is 4.29. The van der Waals surface area contributed by atoms with Crippen LogP contribution in [0, 0.1) is 22.7 Å². The first-order valence-electron chi connectivity index (χ1n) is 9.96. The van der Waals surface area contributed by atoms with Crippen molar-refractivity contribution in [2.45, 2.75) is 70.7 Å². The van der Waals surface area contributed by atoms with Crippen molar-refractivity contribution in [2.24, 2.45) is 22.7 Å². The molecule has 2 saturated carbocycles. The number of aliphatic hydroxyl groups excluding tert-OH is 1. The average Bonchev–Trinajstić information content (AvgIpc) is 3.50. The Morgan fingerprint density at radius 3 is 2.54 bits per heavy atom. The van der Waals surface area contributed by atoms with E-state index in [1.807, 2.05) is 6.08 Å². The Balaban J connectivity index is 1.63. The lowest BCUT2D eigenvalue weighted by atomic mass is 9.45. The van der Waals surface area contributed by atoms with E-state index in [0.717, 1.165) is 38.7 Å². The standard InChI is InChI=1S/C21H32O5/c1-19(2)15-7-10-21(12-26-21)16(20(15,3)9-8-17(19)22)6-5-13(14-11-25-14)18(23)24-4/h5,14-17,22H,6-12H2,1-4H3/b13-5-/t14-,15+,16+,17+,20+,21+/m1/s1. The van der Waals surface area contributed by atoms with Crippen LogP contribution in [0.3, 0.4) is 0 Å². The SMILES string of the molecule is COC(=O)/C(=C\C[C@@H]1[C@]2(CC[C@H]3C(C)(C)[C@@H](O)CC[C@]13C)CO2)[C@H]1CO1. The minimum absolute atomic E-state index is 0.0360. The lowest BCUT2D eigenvalue weighted by Gasteiger charge is -2.60. The van der Waals surface area contributed by atoms with Crippen LogP contribution >= 0.6 is 0 Å². The number of fused-ring (bicyclic) bond motifs is 1. The van der Waals surface area contributed by atoms with E-state index in [0.29, 0.717) is 24.0 Å². The van der Waals surface area contributed by atoms with Gasteiger partial charge in [0.05, 0.1) is 37.6 Å². The maximum Gasteiger partial charge on any atom is 0.336 e. The number of hydrogen-bond acceptors (Lipinski definition) is 5. The second kappa shape index (κ2) is 6.05. The lowest BCUT2D eigenvalue weighted by molar-refractivity contribution is -0.153. The van der Waals surface area contributed by atoms with Crippen LogP contribution in [0.4, 0.5) is 0 Å². The van der Waals surface area contributed by atoms with Gasteiger partial charge in [0.1, 0.15) is 6.10 Å². The Morgan fingerprint density at radius 1 is 1.27 bits per heavy atom. The summed E-state index contributed by atoms with van der Waals surface area (Å²) >= 11 is 0. The van der Waals surface area contributed by atoms with Gasteiger partial charge in [0.15, 0.2) is 0 Å². The first kappa shape index (κ1) is 18.5. The van der Waals surface area contributed by atoms with E-state index in [1.54, 1.807) is 0 Å². The number of epoxide rings is 2. The molecule has 0 aromatic carbocycles. The van der Waals surface area contributed by atoms with Crippen molar-refractivity contribution < 1.29 is 24.1 Å². The molecule has 2 aliphatic carbocycles. The van der Waals surface area contributed by atoms with Gasteiger partial charge in [-0.25, -0.2) is 4.79 Å². The lowest BCUT2D eigenvalue weighted by Crippen LogP contribution is -2.58. The predicted molar refractivity (Wildman–Crippen MR) is 96.5 cm³/mol. The van der Waals surface area contributed by atoms with Gasteiger partial charge in [-0.2, -0.15) is 0 Å². The third-order valence-electron chi connectivity index (χ3n) is 7.99. The molecule has 1 spiro atoms. The molecule has 2 heterocycles. The minimum Gasteiger partial charge on any atom is -0.466 e. The second-order valence-electron chi connectivity index (χ2n) is 9.59. The minimum atomic E-state index is -0.282. The van der Waals surface area contributed by atoms with Crippen LogP contribution in [0.15, 0.2) is 11.6 Å². The highest BCUT2D eigenvalue weighted by atomic mass is 16.6. The van der Waals surface area contributed by atoms with E-state index < -0.39 is 0 Å². The summed E-state index contributed by atoms with van der Waals surface area (Å²) in [5.74, 6) is 0.542. The fraction of sp³-hybridized carbons (Fsp3) is 0.857. The van der Waals surface area contributed by atoms with Gasteiger partial charge in [0.25, 0.3) is 0 Å². The smallest absolute Gasteiger partial charge is 0.336 e. The van der Waals surface area contributed by atoms with Crippen molar-refractivity contribution in [3.8, 4) is 0 Å². The van der Waals surface area contributed by atoms with Crippen molar-refractivity contribution in [1.82, 2.24) is 0 Å². The summed E-state index contributed by atoms with van der Waals surface area (Å²) in [5.41, 5.74) is 0.644. The molecule has 4 aliphatic rings. The third kappa shape index (κ3) is 2.74. The predicted octanol–water partition coefficient (Wildman–Crippen LogP) is 2.86. The number of methoxy groups -OCH3 is 1. The van der Waals surface area contributed by atoms with Crippen LogP contribution in [-0.4, -0.2) is 49.2 Å². The zero-order chi connectivity index (χ0) is 18.7. The summed E-state index contributed by atoms with van der Waals surface area (Å²) in [6.45, 7) is 8.25. The van der Waals surface area contributed by atoms with Crippen molar-refractivity contribution in [3.63, 3.8) is 0 Å². The molecule has 2 saturated heterocycles. The summed E-state index contributed by atoms with van der Waals surface area (Å²) < 4.78 is 16.3. The van der Waals surface area contributed by atoms with Gasteiger partial charge in [0, 0.05) is 0 Å². The molecule has 4 rings (SSSR count). The normalized spacial score (nSPS) is 46.6. The van der Waals surface area contributed by atoms with E-state index >= 15 is 0 Å². The molecule has 26 heavy (non-hydrogen) atoms. The summed E-state index contributed by atoms with van der Waals surface area (Å²) in [6, 6.07) is 0. The molecule has 0 amide bonds. The molecule has 6 atom stereocenters. The van der Waals surface area contributed by atoms with Crippen LogP contribution in [0.5, 0.6) is 0 Å². The molecule has 0 unspecified atom stereocenters. The van der Waals surface area contributed by atoms with Gasteiger partial charge in [0.2, 0.25) is 0 Å². The Labute approximate surface area is 156 Å². The van der Waals surface area contributed by atoms with Gasteiger partial charge in [-0.15, -0.1) is 0 Å². The average molecular weight is 364 g/mol. The second-order valence-corrected chi connectivity index (χ2v) is 9.59. The van der Waals surface area contributed by atoms with E-state index in [2.05, 4.69) is 20.8 Å². The largest absolute Gasteiger partial charge is 0.466 e. The van der Waals surface area contributed by atoms with E-state index in [1.165, 1.54) is 7.11 Å². The number of rotatable bonds is 4. The fourth-order valence-corrected chi connectivity index (χ4v) is 6.22. The van der Waals surface area contributed by atoms with Crippen molar-refractivity contribution >= 4 is 5.97 Å². The Morgan fingerprint density at radius 2 is 1.96 bits per heavy atom. The molecular weight excluding hydrogens is 332 g/mol. The van der Waals surface area contributed by atoms with Crippen LogP contribution in [-0.2, 0) is 19.0 Å². The zero-order valence-corrected chi connectivity index (χ0v) is 16.4. The third-order valence-corrected chi connectivity index (χ3v) is 7.99. The number of aliphatic hydroxyl groups is 1. The maximum atomic E-state index is 12.1. The molecule has 5 nitrogen and oxygen atoms in total. The topological polar surface area (TPSA) is 71.6 Å². The molecule has 0 aromatic heterocycles. The van der Waals surface area contributed by atoms with Crippen molar-refractivity contribution in [1.29, 1.82) is 0 Å². The first-order chi connectivity index (χ1) is 12.2. The summed E-state index contributed by atoms with van der Waals surface area (Å²) in [6.07, 6.45) is 6.52. The van der Waals surface area contributed by atoms with Crippen LogP contribution in [0.1, 0.15) is 52.9 Å². The van der Waals surface area contributed by atoms with Gasteiger partial charge in [-0.05, 0) is 54.8 Å². The molecule has 4 fully saturated rings. The first-order valence-corrected chi connectivity index (χ1v) is 9.96. The molecule has 146 valence electrons. The fourth-order valence-electron chi connectivity index (χ4n) is 6.22. The van der Waals surface area contributed by atoms with E-state index in [-0.39, 0.29) is 34.6 Å². The highest BCUT2D eigenvalue weighted by Gasteiger charge is 2.66. The van der Waals surface area contributed by atoms with Crippen LogP contribution < -0.4 is 0 Å². The Hall–Kier alpha value is -0.910. The van der Waals surface area contributed by atoms with Crippen molar-refractivity contribution in [3.05, 3.63) is 11.6 Å². The van der Waals surface area contributed by atoms with Crippen LogP contribution in [0.25, 0.3) is 0 Å². The maximum absolute atomic E-state index is 12.1. The molecule has 0 radical (unpaired) electrons. The molecule has 0 aromatic rings. The summed E-state index contributed by atoms with van der Waals surface area (Å²) in [4.78, 5) is 12.1. The van der Waals surface area contributed by atoms with Crippen LogP contribution in [0.2, 0.25) is 0 Å².